The van der Waals surface area contributed by atoms with E-state index in [1.165, 1.54) is 6.42 Å². The molecule has 0 aliphatic rings. The number of hydrogen-bond acceptors (Lipinski definition) is 3. The zero-order valence-electron chi connectivity index (χ0n) is 12.5. The summed E-state index contributed by atoms with van der Waals surface area (Å²) in [5, 5.41) is 2.84. The van der Waals surface area contributed by atoms with E-state index in [1.807, 2.05) is 0 Å². The van der Waals surface area contributed by atoms with Gasteiger partial charge in [-0.25, -0.2) is 0 Å². The molecular formula is C16H26N2O2. The molecule has 1 amide bonds. The molecule has 4 nitrogen and oxygen atoms in total. The summed E-state index contributed by atoms with van der Waals surface area (Å²) in [7, 11) is 0. The molecule has 0 aliphatic carbocycles. The number of nitrogens with two attached hydrogens (primary N) is 1. The first-order valence-corrected chi connectivity index (χ1v) is 7.31. The summed E-state index contributed by atoms with van der Waals surface area (Å²) >= 11 is 0. The summed E-state index contributed by atoms with van der Waals surface area (Å²) in [6, 6.07) is 7.15. The van der Waals surface area contributed by atoms with Gasteiger partial charge < -0.3 is 15.8 Å². The van der Waals surface area contributed by atoms with Gasteiger partial charge in [-0.05, 0) is 49.4 Å². The number of hydrogen-bond donors (Lipinski definition) is 2. The average Bonchev–Trinajstić information content (AvgIpc) is 2.40. The lowest BCUT2D eigenvalue weighted by molar-refractivity contribution is -0.116. The number of nitrogens with one attached hydrogen (secondary N) is 1. The van der Waals surface area contributed by atoms with Crippen LogP contribution in [0.1, 0.15) is 39.5 Å². The molecule has 0 fully saturated rings. The SMILES string of the molecule is CC(C)CCCOCCCC(=O)Nc1ccc(N)cc1. The third kappa shape index (κ3) is 7.79. The normalized spacial score (nSPS) is 10.8. The van der Waals surface area contributed by atoms with E-state index < -0.39 is 0 Å². The molecule has 0 spiro atoms. The predicted octanol–water partition coefficient (Wildman–Crippen LogP) is 3.44. The van der Waals surface area contributed by atoms with E-state index in [4.69, 9.17) is 10.5 Å². The predicted molar refractivity (Wildman–Crippen MR) is 83.6 cm³/mol. The summed E-state index contributed by atoms with van der Waals surface area (Å²) in [6.45, 7) is 5.86. The molecular weight excluding hydrogens is 252 g/mol. The summed E-state index contributed by atoms with van der Waals surface area (Å²) in [5.74, 6) is 0.741. The molecule has 0 unspecified atom stereocenters. The number of anilines is 2. The lowest BCUT2D eigenvalue weighted by Gasteiger charge is -2.07. The molecule has 3 N–H and O–H groups in total. The van der Waals surface area contributed by atoms with E-state index in [1.54, 1.807) is 24.3 Å². The Morgan fingerprint density at radius 2 is 1.85 bits per heavy atom. The van der Waals surface area contributed by atoms with Crippen LogP contribution in [0, 0.1) is 5.92 Å². The molecule has 0 aliphatic heterocycles. The zero-order valence-corrected chi connectivity index (χ0v) is 12.5. The Labute approximate surface area is 121 Å². The molecule has 0 bridgehead atoms. The van der Waals surface area contributed by atoms with Crippen LogP contribution in [0.2, 0.25) is 0 Å². The van der Waals surface area contributed by atoms with Gasteiger partial charge in [0.1, 0.15) is 0 Å². The van der Waals surface area contributed by atoms with Crippen molar-refractivity contribution in [2.24, 2.45) is 5.92 Å². The van der Waals surface area contributed by atoms with Gasteiger partial charge in [-0.1, -0.05) is 13.8 Å². The third-order valence-electron chi connectivity index (χ3n) is 2.96. The van der Waals surface area contributed by atoms with Crippen LogP contribution in [-0.2, 0) is 9.53 Å². The van der Waals surface area contributed by atoms with E-state index in [2.05, 4.69) is 19.2 Å². The second kappa shape index (κ2) is 9.37. The number of rotatable bonds is 9. The maximum absolute atomic E-state index is 11.7. The lowest BCUT2D eigenvalue weighted by Crippen LogP contribution is -2.12. The van der Waals surface area contributed by atoms with E-state index in [0.29, 0.717) is 18.7 Å². The minimum atomic E-state index is 0.0144. The van der Waals surface area contributed by atoms with Gasteiger partial charge in [-0.3, -0.25) is 4.79 Å². The van der Waals surface area contributed by atoms with Crippen molar-refractivity contribution in [3.63, 3.8) is 0 Å². The first kappa shape index (κ1) is 16.5. The smallest absolute Gasteiger partial charge is 0.224 e. The second-order valence-corrected chi connectivity index (χ2v) is 5.42. The van der Waals surface area contributed by atoms with E-state index in [0.717, 1.165) is 31.1 Å². The number of carbonyl (C=O) groups is 1. The Hall–Kier alpha value is -1.55. The van der Waals surface area contributed by atoms with Gasteiger partial charge in [-0.15, -0.1) is 0 Å². The van der Waals surface area contributed by atoms with Crippen LogP contribution < -0.4 is 11.1 Å². The van der Waals surface area contributed by atoms with Gasteiger partial charge in [-0.2, -0.15) is 0 Å². The molecule has 0 heterocycles. The average molecular weight is 278 g/mol. The van der Waals surface area contributed by atoms with Crippen molar-refractivity contribution >= 4 is 17.3 Å². The van der Waals surface area contributed by atoms with Crippen molar-refractivity contribution in [1.29, 1.82) is 0 Å². The van der Waals surface area contributed by atoms with Crippen LogP contribution in [0.3, 0.4) is 0 Å². The largest absolute Gasteiger partial charge is 0.399 e. The van der Waals surface area contributed by atoms with Gasteiger partial charge in [0.2, 0.25) is 5.91 Å². The Balaban J connectivity index is 2.04. The van der Waals surface area contributed by atoms with Crippen LogP contribution >= 0.6 is 0 Å². The fraction of sp³-hybridized carbons (Fsp3) is 0.562. The first-order valence-electron chi connectivity index (χ1n) is 7.31. The van der Waals surface area contributed by atoms with E-state index in [9.17, 15) is 4.79 Å². The van der Waals surface area contributed by atoms with Crippen LogP contribution in [0.5, 0.6) is 0 Å². The Morgan fingerprint density at radius 3 is 2.50 bits per heavy atom. The molecule has 0 saturated carbocycles. The van der Waals surface area contributed by atoms with Gasteiger partial charge in [0, 0.05) is 31.0 Å². The molecule has 0 aromatic heterocycles. The molecule has 20 heavy (non-hydrogen) atoms. The highest BCUT2D eigenvalue weighted by Crippen LogP contribution is 2.11. The van der Waals surface area contributed by atoms with E-state index in [-0.39, 0.29) is 5.91 Å². The second-order valence-electron chi connectivity index (χ2n) is 5.42. The Kier molecular flexibility index (Phi) is 7.73. The Morgan fingerprint density at radius 1 is 1.20 bits per heavy atom. The minimum Gasteiger partial charge on any atom is -0.399 e. The van der Waals surface area contributed by atoms with Crippen LogP contribution in [0.25, 0.3) is 0 Å². The maximum Gasteiger partial charge on any atom is 0.224 e. The Bertz CT molecular complexity index is 388. The molecule has 0 radical (unpaired) electrons. The number of carbonyl (C=O) groups excluding carboxylic acids is 1. The van der Waals surface area contributed by atoms with Crippen molar-refractivity contribution < 1.29 is 9.53 Å². The third-order valence-corrected chi connectivity index (χ3v) is 2.96. The fourth-order valence-corrected chi connectivity index (χ4v) is 1.82. The summed E-state index contributed by atoms with van der Waals surface area (Å²) in [5.41, 5.74) is 7.06. The minimum absolute atomic E-state index is 0.0144. The van der Waals surface area contributed by atoms with Crippen LogP contribution in [0.4, 0.5) is 11.4 Å². The molecule has 0 saturated heterocycles. The van der Waals surface area contributed by atoms with Gasteiger partial charge in [0.05, 0.1) is 0 Å². The van der Waals surface area contributed by atoms with Gasteiger partial charge >= 0.3 is 0 Å². The number of nitrogen functional groups attached to an aromatic ring is 1. The van der Waals surface area contributed by atoms with Crippen molar-refractivity contribution in [2.45, 2.75) is 39.5 Å². The number of amides is 1. The highest BCUT2D eigenvalue weighted by atomic mass is 16.5. The summed E-state index contributed by atoms with van der Waals surface area (Å²) in [4.78, 5) is 11.7. The highest BCUT2D eigenvalue weighted by Gasteiger charge is 2.02. The van der Waals surface area contributed by atoms with Crippen molar-refractivity contribution in [1.82, 2.24) is 0 Å². The van der Waals surface area contributed by atoms with Crippen LogP contribution in [-0.4, -0.2) is 19.1 Å². The molecule has 1 aromatic rings. The van der Waals surface area contributed by atoms with Crippen molar-refractivity contribution in [3.8, 4) is 0 Å². The highest BCUT2D eigenvalue weighted by molar-refractivity contribution is 5.90. The molecule has 1 aromatic carbocycles. The summed E-state index contributed by atoms with van der Waals surface area (Å²) < 4.78 is 5.50. The summed E-state index contributed by atoms with van der Waals surface area (Å²) in [6.07, 6.45) is 3.52. The molecule has 0 atom stereocenters. The molecule has 1 rings (SSSR count). The zero-order chi connectivity index (χ0) is 14.8. The van der Waals surface area contributed by atoms with Gasteiger partial charge in [0.15, 0.2) is 0 Å². The standard InChI is InChI=1S/C16H26N2O2/c1-13(2)5-3-11-20-12-4-6-16(19)18-15-9-7-14(17)8-10-15/h7-10,13H,3-6,11-12,17H2,1-2H3,(H,18,19). The van der Waals surface area contributed by atoms with Gasteiger partial charge in [0.25, 0.3) is 0 Å². The first-order chi connectivity index (χ1) is 9.58. The van der Waals surface area contributed by atoms with Crippen molar-refractivity contribution in [3.05, 3.63) is 24.3 Å². The molecule has 4 heteroatoms. The maximum atomic E-state index is 11.7. The lowest BCUT2D eigenvalue weighted by atomic mass is 10.1. The van der Waals surface area contributed by atoms with E-state index >= 15 is 0 Å². The molecule has 112 valence electrons. The van der Waals surface area contributed by atoms with Crippen LogP contribution in [0.15, 0.2) is 24.3 Å². The number of ether oxygens (including phenoxy) is 1. The quantitative estimate of drug-likeness (QED) is 0.537. The topological polar surface area (TPSA) is 64.3 Å². The monoisotopic (exact) mass is 278 g/mol. The van der Waals surface area contributed by atoms with Crippen molar-refractivity contribution in [2.75, 3.05) is 24.3 Å². The fourth-order valence-electron chi connectivity index (χ4n) is 1.82. The number of benzene rings is 1.